The van der Waals surface area contributed by atoms with Crippen LogP contribution in [0.15, 0.2) is 0 Å². The second kappa shape index (κ2) is 7.43. The summed E-state index contributed by atoms with van der Waals surface area (Å²) in [6.45, 7) is 8.12. The van der Waals surface area contributed by atoms with Gasteiger partial charge in [0.25, 0.3) is 0 Å². The molecule has 18 heavy (non-hydrogen) atoms. The molecule has 1 aliphatic rings. The second-order valence-corrected chi connectivity index (χ2v) is 5.28. The van der Waals surface area contributed by atoms with Crippen molar-refractivity contribution in [3.05, 3.63) is 0 Å². The van der Waals surface area contributed by atoms with E-state index in [1.165, 1.54) is 0 Å². The lowest BCUT2D eigenvalue weighted by molar-refractivity contribution is -0.133. The Morgan fingerprint density at radius 3 is 2.39 bits per heavy atom. The van der Waals surface area contributed by atoms with E-state index in [0.717, 1.165) is 32.4 Å². The van der Waals surface area contributed by atoms with E-state index >= 15 is 0 Å². The van der Waals surface area contributed by atoms with Gasteiger partial charge in [0.2, 0.25) is 0 Å². The first-order chi connectivity index (χ1) is 8.66. The topological polar surface area (TPSA) is 50.7 Å². The van der Waals surface area contributed by atoms with Crippen molar-refractivity contribution in [2.75, 3.05) is 26.9 Å². The summed E-state index contributed by atoms with van der Waals surface area (Å²) in [5.74, 6) is 0. The summed E-state index contributed by atoms with van der Waals surface area (Å²) in [4.78, 5) is 0. The van der Waals surface area contributed by atoms with Gasteiger partial charge in [-0.15, -0.1) is 0 Å². The molecular weight excluding hydrogens is 230 g/mol. The molecule has 0 spiro atoms. The van der Waals surface area contributed by atoms with Crippen LogP contribution in [0.25, 0.3) is 0 Å². The molecule has 0 aliphatic heterocycles. The molecule has 1 saturated carbocycles. The van der Waals surface area contributed by atoms with E-state index in [2.05, 4.69) is 19.2 Å². The van der Waals surface area contributed by atoms with Crippen molar-refractivity contribution in [2.24, 2.45) is 5.41 Å². The fourth-order valence-corrected chi connectivity index (χ4v) is 2.60. The molecule has 0 aromatic carbocycles. The van der Waals surface area contributed by atoms with Crippen LogP contribution >= 0.6 is 0 Å². The summed E-state index contributed by atoms with van der Waals surface area (Å²) in [6.07, 6.45) is 3.36. The van der Waals surface area contributed by atoms with E-state index in [9.17, 15) is 5.11 Å². The summed E-state index contributed by atoms with van der Waals surface area (Å²) in [6, 6.07) is 0.357. The van der Waals surface area contributed by atoms with Gasteiger partial charge in [-0.25, -0.2) is 0 Å². The highest BCUT2D eigenvalue weighted by molar-refractivity contribution is 4.98. The lowest BCUT2D eigenvalue weighted by atomic mass is 9.80. The molecule has 108 valence electrons. The monoisotopic (exact) mass is 259 g/mol. The van der Waals surface area contributed by atoms with Crippen molar-refractivity contribution in [2.45, 2.75) is 58.3 Å². The van der Waals surface area contributed by atoms with Gasteiger partial charge >= 0.3 is 0 Å². The molecule has 4 nitrogen and oxygen atoms in total. The fourth-order valence-electron chi connectivity index (χ4n) is 2.60. The van der Waals surface area contributed by atoms with Gasteiger partial charge in [-0.3, -0.25) is 0 Å². The van der Waals surface area contributed by atoms with Crippen molar-refractivity contribution in [1.82, 2.24) is 5.32 Å². The molecule has 0 saturated heterocycles. The Hall–Kier alpha value is -0.160. The predicted octanol–water partition coefficient (Wildman–Crippen LogP) is 1.57. The predicted molar refractivity (Wildman–Crippen MR) is 72.7 cm³/mol. The maximum absolute atomic E-state index is 9.54. The Kier molecular flexibility index (Phi) is 6.57. The zero-order valence-corrected chi connectivity index (χ0v) is 12.2. The highest BCUT2D eigenvalue weighted by atomic mass is 16.5. The van der Waals surface area contributed by atoms with Gasteiger partial charge in [-0.2, -0.15) is 0 Å². The van der Waals surface area contributed by atoms with Gasteiger partial charge in [0.1, 0.15) is 0 Å². The lowest BCUT2D eigenvalue weighted by Crippen LogP contribution is -2.61. The molecule has 0 radical (unpaired) electrons. The number of aliphatic hydroxyl groups is 1. The standard InChI is InChI=1S/C14H29NO3/c1-5-14(6-2,10-16)9-15-11-8-12(18-7-3)13(11)17-4/h11-13,15-16H,5-10H2,1-4H3. The lowest BCUT2D eigenvalue weighted by Gasteiger charge is -2.45. The minimum atomic E-state index is 0.00892. The molecule has 0 heterocycles. The summed E-state index contributed by atoms with van der Waals surface area (Å²) >= 11 is 0. The molecule has 1 rings (SSSR count). The van der Waals surface area contributed by atoms with E-state index in [4.69, 9.17) is 9.47 Å². The number of hydrogen-bond donors (Lipinski definition) is 2. The van der Waals surface area contributed by atoms with Gasteiger partial charge in [0.05, 0.1) is 12.2 Å². The molecule has 2 N–H and O–H groups in total. The minimum Gasteiger partial charge on any atom is -0.396 e. The first-order valence-electron chi connectivity index (χ1n) is 7.15. The SMILES string of the molecule is CCOC1CC(NCC(CC)(CC)CO)C1OC. The van der Waals surface area contributed by atoms with Crippen molar-refractivity contribution in [3.63, 3.8) is 0 Å². The van der Waals surface area contributed by atoms with E-state index in [1.807, 2.05) is 6.92 Å². The molecule has 3 atom stereocenters. The van der Waals surface area contributed by atoms with Crippen LogP contribution in [0.3, 0.4) is 0 Å². The summed E-state index contributed by atoms with van der Waals surface area (Å²) in [7, 11) is 1.74. The highest BCUT2D eigenvalue weighted by Gasteiger charge is 2.42. The molecular formula is C14H29NO3. The van der Waals surface area contributed by atoms with E-state index in [0.29, 0.717) is 6.04 Å². The average Bonchev–Trinajstić information content (AvgIpc) is 2.38. The number of hydrogen-bond acceptors (Lipinski definition) is 4. The van der Waals surface area contributed by atoms with Crippen LogP contribution in [0, 0.1) is 5.41 Å². The Morgan fingerprint density at radius 1 is 1.28 bits per heavy atom. The van der Waals surface area contributed by atoms with Gasteiger partial charge in [0.15, 0.2) is 0 Å². The third-order valence-corrected chi connectivity index (χ3v) is 4.48. The normalized spacial score (nSPS) is 28.2. The van der Waals surface area contributed by atoms with Crippen molar-refractivity contribution in [1.29, 1.82) is 0 Å². The molecule has 1 fully saturated rings. The van der Waals surface area contributed by atoms with Gasteiger partial charge < -0.3 is 19.9 Å². The third-order valence-electron chi connectivity index (χ3n) is 4.48. The number of rotatable bonds is 9. The number of nitrogens with one attached hydrogen (secondary N) is 1. The van der Waals surface area contributed by atoms with Crippen LogP contribution in [-0.4, -0.2) is 50.2 Å². The van der Waals surface area contributed by atoms with Gasteiger partial charge in [-0.1, -0.05) is 13.8 Å². The highest BCUT2D eigenvalue weighted by Crippen LogP contribution is 2.30. The maximum Gasteiger partial charge on any atom is 0.0986 e. The Balaban J connectivity index is 2.40. The maximum atomic E-state index is 9.54. The fraction of sp³-hybridized carbons (Fsp3) is 1.00. The Bertz CT molecular complexity index is 223. The molecule has 1 aliphatic carbocycles. The minimum absolute atomic E-state index is 0.00892. The number of methoxy groups -OCH3 is 1. The first kappa shape index (κ1) is 15.9. The van der Waals surface area contributed by atoms with Gasteiger partial charge in [0, 0.05) is 38.3 Å². The Labute approximate surface area is 111 Å². The zero-order valence-electron chi connectivity index (χ0n) is 12.2. The van der Waals surface area contributed by atoms with Crippen molar-refractivity contribution in [3.8, 4) is 0 Å². The largest absolute Gasteiger partial charge is 0.396 e. The van der Waals surface area contributed by atoms with E-state index in [1.54, 1.807) is 7.11 Å². The second-order valence-electron chi connectivity index (χ2n) is 5.28. The molecule has 3 unspecified atom stereocenters. The molecule has 0 aromatic rings. The van der Waals surface area contributed by atoms with Crippen LogP contribution < -0.4 is 5.32 Å². The molecule has 0 amide bonds. The number of aliphatic hydroxyl groups excluding tert-OH is 1. The quantitative estimate of drug-likeness (QED) is 0.660. The Morgan fingerprint density at radius 2 is 1.94 bits per heavy atom. The molecule has 0 aromatic heterocycles. The smallest absolute Gasteiger partial charge is 0.0986 e. The van der Waals surface area contributed by atoms with Crippen molar-refractivity contribution < 1.29 is 14.6 Å². The first-order valence-corrected chi connectivity index (χ1v) is 7.15. The number of ether oxygens (including phenoxy) is 2. The van der Waals surface area contributed by atoms with Gasteiger partial charge in [-0.05, 0) is 26.2 Å². The van der Waals surface area contributed by atoms with E-state index in [-0.39, 0.29) is 24.2 Å². The van der Waals surface area contributed by atoms with E-state index < -0.39 is 0 Å². The van der Waals surface area contributed by atoms with Crippen LogP contribution in [0.4, 0.5) is 0 Å². The third kappa shape index (κ3) is 3.44. The summed E-state index contributed by atoms with van der Waals surface area (Å²) in [5, 5.41) is 13.1. The molecule has 4 heteroatoms. The average molecular weight is 259 g/mol. The van der Waals surface area contributed by atoms with Crippen LogP contribution in [0.5, 0.6) is 0 Å². The summed E-state index contributed by atoms with van der Waals surface area (Å²) in [5.41, 5.74) is 0.00892. The summed E-state index contributed by atoms with van der Waals surface area (Å²) < 4.78 is 11.1. The van der Waals surface area contributed by atoms with Crippen molar-refractivity contribution >= 4 is 0 Å². The molecule has 0 bridgehead atoms. The van der Waals surface area contributed by atoms with Crippen LogP contribution in [-0.2, 0) is 9.47 Å². The zero-order chi connectivity index (χ0) is 13.6. The van der Waals surface area contributed by atoms with Crippen LogP contribution in [0.2, 0.25) is 0 Å². The van der Waals surface area contributed by atoms with Crippen LogP contribution in [0.1, 0.15) is 40.0 Å².